The van der Waals surface area contributed by atoms with Crippen LogP contribution in [0.3, 0.4) is 0 Å². The largest absolute Gasteiger partial charge is 0.354 e. The normalized spacial score (nSPS) is 17.2. The van der Waals surface area contributed by atoms with E-state index in [1.807, 2.05) is 0 Å². The van der Waals surface area contributed by atoms with E-state index in [0.717, 1.165) is 25.0 Å². The minimum Gasteiger partial charge on any atom is -0.354 e. The molecule has 1 aliphatic heterocycles. The van der Waals surface area contributed by atoms with Gasteiger partial charge in [0.05, 0.1) is 5.69 Å². The number of carbonyl (C=O) groups is 2. The summed E-state index contributed by atoms with van der Waals surface area (Å²) >= 11 is 0. The Morgan fingerprint density at radius 3 is 2.72 bits per heavy atom. The van der Waals surface area contributed by atoms with Gasteiger partial charge in [0, 0.05) is 23.9 Å². The van der Waals surface area contributed by atoms with Crippen molar-refractivity contribution < 1.29 is 9.59 Å². The number of carbonyl (C=O) groups excluding carboxylic acids is 2. The van der Waals surface area contributed by atoms with E-state index in [0.29, 0.717) is 24.2 Å². The summed E-state index contributed by atoms with van der Waals surface area (Å²) in [6.45, 7) is 2.71. The second-order valence-electron chi connectivity index (χ2n) is 6.21. The van der Waals surface area contributed by atoms with Crippen molar-refractivity contribution >= 4 is 11.8 Å². The van der Waals surface area contributed by atoms with E-state index in [1.165, 1.54) is 4.68 Å². The first-order valence-electron chi connectivity index (χ1n) is 8.58. The molecular weight excluding hydrogens is 320 g/mol. The molecule has 25 heavy (non-hydrogen) atoms. The maximum atomic E-state index is 12.3. The van der Waals surface area contributed by atoms with Crippen molar-refractivity contribution in [3.63, 3.8) is 0 Å². The van der Waals surface area contributed by atoms with Gasteiger partial charge in [-0.15, -0.1) is 0 Å². The SMILES string of the molecule is CCCc1cc(=O)n(-c2ccc(C(=O)NC3CCCNC3=O)cc2)[nH]1. The Balaban J connectivity index is 1.72. The summed E-state index contributed by atoms with van der Waals surface area (Å²) < 4.78 is 1.46. The lowest BCUT2D eigenvalue weighted by Gasteiger charge is -2.22. The highest BCUT2D eigenvalue weighted by molar-refractivity contribution is 5.97. The first-order valence-corrected chi connectivity index (χ1v) is 8.58. The van der Waals surface area contributed by atoms with Gasteiger partial charge < -0.3 is 10.6 Å². The molecule has 1 unspecified atom stereocenters. The zero-order valence-corrected chi connectivity index (χ0v) is 14.2. The second kappa shape index (κ2) is 7.38. The predicted octanol–water partition coefficient (Wildman–Crippen LogP) is 1.13. The topological polar surface area (TPSA) is 96.0 Å². The van der Waals surface area contributed by atoms with E-state index in [9.17, 15) is 14.4 Å². The predicted molar refractivity (Wildman–Crippen MR) is 93.9 cm³/mol. The lowest BCUT2D eigenvalue weighted by Crippen LogP contribution is -2.50. The molecule has 2 heterocycles. The van der Waals surface area contributed by atoms with Gasteiger partial charge in [0.15, 0.2) is 0 Å². The average Bonchev–Trinajstić information content (AvgIpc) is 2.98. The summed E-state index contributed by atoms with van der Waals surface area (Å²) in [7, 11) is 0. The number of hydrogen-bond donors (Lipinski definition) is 3. The van der Waals surface area contributed by atoms with Gasteiger partial charge in [0.2, 0.25) is 5.91 Å². The van der Waals surface area contributed by atoms with Crippen LogP contribution in [0.15, 0.2) is 35.1 Å². The van der Waals surface area contributed by atoms with Crippen molar-refractivity contribution in [1.29, 1.82) is 0 Å². The van der Waals surface area contributed by atoms with E-state index < -0.39 is 6.04 Å². The number of aromatic nitrogens is 2. The Bertz CT molecular complexity index is 820. The van der Waals surface area contributed by atoms with Crippen molar-refractivity contribution in [2.24, 2.45) is 0 Å². The van der Waals surface area contributed by atoms with Gasteiger partial charge in [-0.1, -0.05) is 13.3 Å². The van der Waals surface area contributed by atoms with Crippen molar-refractivity contribution in [2.45, 2.75) is 38.6 Å². The van der Waals surface area contributed by atoms with E-state index in [1.54, 1.807) is 30.3 Å². The quantitative estimate of drug-likeness (QED) is 0.760. The molecule has 1 aromatic carbocycles. The number of rotatable bonds is 5. The highest BCUT2D eigenvalue weighted by Crippen LogP contribution is 2.10. The molecule has 7 heteroatoms. The second-order valence-corrected chi connectivity index (χ2v) is 6.21. The Morgan fingerprint density at radius 2 is 2.04 bits per heavy atom. The average molecular weight is 342 g/mol. The summed E-state index contributed by atoms with van der Waals surface area (Å²) in [4.78, 5) is 36.1. The maximum absolute atomic E-state index is 12.3. The zero-order valence-electron chi connectivity index (χ0n) is 14.2. The summed E-state index contributed by atoms with van der Waals surface area (Å²) in [5.74, 6) is -0.434. The van der Waals surface area contributed by atoms with E-state index in [4.69, 9.17) is 0 Å². The molecule has 3 N–H and O–H groups in total. The Kier molecular flexibility index (Phi) is 5.02. The molecule has 1 saturated heterocycles. The fourth-order valence-electron chi connectivity index (χ4n) is 2.95. The molecule has 1 aliphatic rings. The van der Waals surface area contributed by atoms with Crippen LogP contribution in [0, 0.1) is 0 Å². The fraction of sp³-hybridized carbons (Fsp3) is 0.389. The van der Waals surface area contributed by atoms with Crippen molar-refractivity contribution in [2.75, 3.05) is 6.54 Å². The molecule has 0 saturated carbocycles. The van der Waals surface area contributed by atoms with Crippen molar-refractivity contribution in [3.8, 4) is 5.69 Å². The number of hydrogen-bond acceptors (Lipinski definition) is 3. The summed E-state index contributed by atoms with van der Waals surface area (Å²) in [6.07, 6.45) is 3.26. The summed E-state index contributed by atoms with van der Waals surface area (Å²) in [5, 5.41) is 8.56. The number of amides is 2. The lowest BCUT2D eigenvalue weighted by molar-refractivity contribution is -0.124. The molecule has 132 valence electrons. The third kappa shape index (κ3) is 3.81. The summed E-state index contributed by atoms with van der Waals surface area (Å²) in [6, 6.07) is 7.83. The fourth-order valence-corrected chi connectivity index (χ4v) is 2.95. The zero-order chi connectivity index (χ0) is 17.8. The molecule has 0 bridgehead atoms. The first kappa shape index (κ1) is 17.0. The highest BCUT2D eigenvalue weighted by Gasteiger charge is 2.23. The molecule has 0 spiro atoms. The molecule has 2 aromatic rings. The molecule has 0 aliphatic carbocycles. The molecule has 2 amide bonds. The maximum Gasteiger partial charge on any atom is 0.271 e. The van der Waals surface area contributed by atoms with E-state index in [2.05, 4.69) is 22.7 Å². The summed E-state index contributed by atoms with van der Waals surface area (Å²) in [5.41, 5.74) is 1.88. The van der Waals surface area contributed by atoms with Crippen LogP contribution in [-0.2, 0) is 11.2 Å². The van der Waals surface area contributed by atoms with Crippen LogP contribution in [0.4, 0.5) is 0 Å². The number of piperidine rings is 1. The van der Waals surface area contributed by atoms with Gasteiger partial charge in [-0.3, -0.25) is 19.5 Å². The van der Waals surface area contributed by atoms with Gasteiger partial charge >= 0.3 is 0 Å². The van der Waals surface area contributed by atoms with Crippen LogP contribution < -0.4 is 16.2 Å². The van der Waals surface area contributed by atoms with Gasteiger partial charge in [-0.25, -0.2) is 4.68 Å². The minimum absolute atomic E-state index is 0.125. The molecular formula is C18H22N4O3. The number of H-pyrrole nitrogens is 1. The standard InChI is InChI=1S/C18H22N4O3/c1-2-4-13-11-16(23)22(21-13)14-8-6-12(7-9-14)17(24)20-15-5-3-10-19-18(15)25/h6-9,11,15,21H,2-5,10H2,1H3,(H,19,25)(H,20,24). The number of aromatic amines is 1. The molecule has 1 fully saturated rings. The highest BCUT2D eigenvalue weighted by atomic mass is 16.2. The minimum atomic E-state index is -0.483. The van der Waals surface area contributed by atoms with E-state index in [-0.39, 0.29) is 17.4 Å². The van der Waals surface area contributed by atoms with Crippen molar-refractivity contribution in [3.05, 3.63) is 51.9 Å². The lowest BCUT2D eigenvalue weighted by atomic mass is 10.1. The van der Waals surface area contributed by atoms with Crippen LogP contribution in [0.5, 0.6) is 0 Å². The van der Waals surface area contributed by atoms with Gasteiger partial charge in [-0.05, 0) is 43.5 Å². The van der Waals surface area contributed by atoms with E-state index >= 15 is 0 Å². The first-order chi connectivity index (χ1) is 12.1. The molecule has 7 nitrogen and oxygen atoms in total. The molecule has 1 atom stereocenters. The van der Waals surface area contributed by atoms with Gasteiger partial charge in [0.25, 0.3) is 11.5 Å². The Hall–Kier alpha value is -2.83. The smallest absolute Gasteiger partial charge is 0.271 e. The molecule has 3 rings (SSSR count). The van der Waals surface area contributed by atoms with Crippen LogP contribution >= 0.6 is 0 Å². The van der Waals surface area contributed by atoms with Crippen LogP contribution in [0.25, 0.3) is 5.69 Å². The van der Waals surface area contributed by atoms with Crippen LogP contribution in [-0.4, -0.2) is 34.2 Å². The van der Waals surface area contributed by atoms with Gasteiger partial charge in [-0.2, -0.15) is 0 Å². The third-order valence-electron chi connectivity index (χ3n) is 4.27. The third-order valence-corrected chi connectivity index (χ3v) is 4.27. The Morgan fingerprint density at radius 1 is 1.28 bits per heavy atom. The molecule has 0 radical (unpaired) electrons. The van der Waals surface area contributed by atoms with Crippen molar-refractivity contribution in [1.82, 2.24) is 20.4 Å². The van der Waals surface area contributed by atoms with Crippen LogP contribution in [0.1, 0.15) is 42.2 Å². The monoisotopic (exact) mass is 342 g/mol. The number of aryl methyl sites for hydroxylation is 1. The number of nitrogens with one attached hydrogen (secondary N) is 3. The Labute approximate surface area is 145 Å². The number of benzene rings is 1. The van der Waals surface area contributed by atoms with Crippen LogP contribution in [0.2, 0.25) is 0 Å². The number of nitrogens with zero attached hydrogens (tertiary/aromatic N) is 1. The molecule has 1 aromatic heterocycles. The van der Waals surface area contributed by atoms with Gasteiger partial charge in [0.1, 0.15) is 6.04 Å².